The van der Waals surface area contributed by atoms with E-state index in [1.165, 1.54) is 30.1 Å². The van der Waals surface area contributed by atoms with Crippen molar-refractivity contribution in [1.82, 2.24) is 9.80 Å². The molecule has 2 unspecified atom stereocenters. The molecule has 1 saturated heterocycles. The van der Waals surface area contributed by atoms with Gasteiger partial charge in [-0.15, -0.1) is 0 Å². The summed E-state index contributed by atoms with van der Waals surface area (Å²) in [6, 6.07) is 3.44. The Morgan fingerprint density at radius 1 is 1.11 bits per heavy atom. The van der Waals surface area contributed by atoms with E-state index < -0.39 is 54.0 Å². The zero-order valence-corrected chi connectivity index (χ0v) is 19.2. The number of azide groups is 1. The van der Waals surface area contributed by atoms with E-state index in [1.54, 1.807) is 6.92 Å². The monoisotopic (exact) mass is 517 g/mol. The summed E-state index contributed by atoms with van der Waals surface area (Å²) < 4.78 is 92.9. The third-order valence-corrected chi connectivity index (χ3v) is 6.02. The number of alkyl halides is 6. The lowest BCUT2D eigenvalue weighted by molar-refractivity contribution is -0.143. The van der Waals surface area contributed by atoms with Crippen molar-refractivity contribution in [1.29, 1.82) is 0 Å². The van der Waals surface area contributed by atoms with Crippen LogP contribution in [0.1, 0.15) is 46.7 Å². The molecule has 1 fully saturated rings. The molecule has 194 valence electrons. The fourth-order valence-electron chi connectivity index (χ4n) is 4.33. The summed E-state index contributed by atoms with van der Waals surface area (Å²) >= 11 is 0. The maximum absolute atomic E-state index is 13.7. The maximum Gasteiger partial charge on any atom is 0.416 e. The van der Waals surface area contributed by atoms with Gasteiger partial charge < -0.3 is 9.80 Å². The van der Waals surface area contributed by atoms with Crippen molar-refractivity contribution < 1.29 is 35.5 Å². The molecule has 2 amide bonds. The number of carbonyl (C=O) groups excluding carboxylic acids is 1. The number of likely N-dealkylation sites (tertiary alicyclic amines) is 1. The van der Waals surface area contributed by atoms with Crippen LogP contribution >= 0.6 is 0 Å². The molecule has 13 heteroatoms. The smallest absolute Gasteiger partial charge is 0.323 e. The predicted molar refractivity (Wildman–Crippen MR) is 116 cm³/mol. The summed E-state index contributed by atoms with van der Waals surface area (Å²) in [5, 5.41) is 3.72. The van der Waals surface area contributed by atoms with Crippen molar-refractivity contribution in [2.24, 2.45) is 5.11 Å². The molecule has 1 aliphatic rings. The number of amides is 2. The minimum Gasteiger partial charge on any atom is -0.323 e. The van der Waals surface area contributed by atoms with Crippen molar-refractivity contribution in [2.75, 3.05) is 13.6 Å². The Morgan fingerprint density at radius 2 is 1.72 bits per heavy atom. The Labute approximate surface area is 201 Å². The van der Waals surface area contributed by atoms with Crippen LogP contribution in [0, 0.1) is 12.7 Å². The summed E-state index contributed by atoms with van der Waals surface area (Å²) in [6.07, 6.45) is -9.49. The molecule has 3 rings (SSSR count). The molecule has 1 heterocycles. The number of hydrogen-bond donors (Lipinski definition) is 0. The van der Waals surface area contributed by atoms with Crippen molar-refractivity contribution in [3.8, 4) is 0 Å². The van der Waals surface area contributed by atoms with E-state index in [2.05, 4.69) is 10.0 Å². The molecule has 0 bridgehead atoms. The van der Waals surface area contributed by atoms with Crippen LogP contribution in [-0.2, 0) is 18.9 Å². The van der Waals surface area contributed by atoms with Gasteiger partial charge in [0.15, 0.2) is 0 Å². The highest BCUT2D eigenvalue weighted by Gasteiger charge is 2.38. The van der Waals surface area contributed by atoms with Crippen molar-refractivity contribution in [2.45, 2.75) is 50.7 Å². The standard InChI is InChI=1S/C23H22F7N5O/c1-13-7-17(24)3-4-19(13)20-11-18(32-33-31)5-6-35(20)21(36)34(2)12-14-8-15(22(25,26)27)10-16(9-14)23(28,29)30/h3-4,7-10,18,20H,5-6,11-12H2,1-2H3. The Hall–Kier alpha value is -3.47. The van der Waals surface area contributed by atoms with Gasteiger partial charge in [0.2, 0.25) is 0 Å². The van der Waals surface area contributed by atoms with Gasteiger partial charge in [-0.25, -0.2) is 9.18 Å². The number of halogens is 7. The summed E-state index contributed by atoms with van der Waals surface area (Å²) in [5.41, 5.74) is 6.66. The third-order valence-electron chi connectivity index (χ3n) is 6.02. The average Bonchev–Trinajstić information content (AvgIpc) is 2.77. The molecule has 0 aromatic heterocycles. The molecule has 2 aromatic carbocycles. The van der Waals surface area contributed by atoms with Crippen molar-refractivity contribution in [3.05, 3.63) is 80.5 Å². The Bertz CT molecular complexity index is 1140. The van der Waals surface area contributed by atoms with Crippen LogP contribution in [0.15, 0.2) is 41.5 Å². The minimum absolute atomic E-state index is 0.0269. The lowest BCUT2D eigenvalue weighted by Gasteiger charge is -2.41. The molecule has 0 aliphatic carbocycles. The van der Waals surface area contributed by atoms with E-state index in [1.807, 2.05) is 0 Å². The Morgan fingerprint density at radius 3 is 2.25 bits per heavy atom. The van der Waals surface area contributed by atoms with Gasteiger partial charge in [0.1, 0.15) is 5.82 Å². The Balaban J connectivity index is 1.92. The largest absolute Gasteiger partial charge is 0.416 e. The molecule has 6 nitrogen and oxygen atoms in total. The van der Waals surface area contributed by atoms with Crippen LogP contribution in [0.5, 0.6) is 0 Å². The van der Waals surface area contributed by atoms with Gasteiger partial charge in [0.25, 0.3) is 0 Å². The van der Waals surface area contributed by atoms with E-state index >= 15 is 0 Å². The van der Waals surface area contributed by atoms with E-state index in [0.717, 1.165) is 4.90 Å². The van der Waals surface area contributed by atoms with Crippen LogP contribution < -0.4 is 0 Å². The second-order valence-corrected chi connectivity index (χ2v) is 8.65. The number of piperidine rings is 1. The lowest BCUT2D eigenvalue weighted by Crippen LogP contribution is -2.47. The second kappa shape index (κ2) is 10.3. The number of urea groups is 1. The number of hydrogen-bond acceptors (Lipinski definition) is 2. The van der Waals surface area contributed by atoms with Crippen molar-refractivity contribution in [3.63, 3.8) is 0 Å². The molecule has 0 spiro atoms. The summed E-state index contributed by atoms with van der Waals surface area (Å²) in [5.74, 6) is -0.487. The molecule has 36 heavy (non-hydrogen) atoms. The average molecular weight is 517 g/mol. The number of carbonyl (C=O) groups is 1. The fraction of sp³-hybridized carbons (Fsp3) is 0.435. The number of nitrogens with zero attached hydrogens (tertiary/aromatic N) is 5. The Kier molecular flexibility index (Phi) is 7.73. The van der Waals surface area contributed by atoms with Gasteiger partial charge in [-0.05, 0) is 72.3 Å². The van der Waals surface area contributed by atoms with Gasteiger partial charge in [-0.1, -0.05) is 11.2 Å². The molecule has 2 aromatic rings. The first kappa shape index (κ1) is 27.1. The predicted octanol–water partition coefficient (Wildman–Crippen LogP) is 7.24. The first-order valence-corrected chi connectivity index (χ1v) is 10.8. The topological polar surface area (TPSA) is 72.3 Å². The molecular formula is C23H22F7N5O. The zero-order valence-electron chi connectivity index (χ0n) is 19.2. The van der Waals surface area contributed by atoms with Gasteiger partial charge in [0, 0.05) is 31.1 Å². The van der Waals surface area contributed by atoms with Crippen molar-refractivity contribution >= 4 is 6.03 Å². The molecular weight excluding hydrogens is 495 g/mol. The van der Waals surface area contributed by atoms with Gasteiger partial charge >= 0.3 is 18.4 Å². The third kappa shape index (κ3) is 6.20. The van der Waals surface area contributed by atoms with Crippen LogP contribution in [-0.4, -0.2) is 35.5 Å². The molecule has 0 radical (unpaired) electrons. The zero-order chi connectivity index (χ0) is 26.8. The van der Waals surface area contributed by atoms with Gasteiger partial charge in [-0.3, -0.25) is 0 Å². The highest BCUT2D eigenvalue weighted by molar-refractivity contribution is 5.75. The highest BCUT2D eigenvalue weighted by atomic mass is 19.4. The number of rotatable bonds is 4. The maximum atomic E-state index is 13.7. The summed E-state index contributed by atoms with van der Waals surface area (Å²) in [7, 11) is 1.27. The quantitative estimate of drug-likeness (QED) is 0.182. The minimum atomic E-state index is -5.01. The van der Waals surface area contributed by atoms with Gasteiger partial charge in [0.05, 0.1) is 17.2 Å². The molecule has 0 N–H and O–H groups in total. The normalized spacial score (nSPS) is 18.5. The van der Waals surface area contributed by atoms with E-state index in [-0.39, 0.29) is 24.6 Å². The summed E-state index contributed by atoms with van der Waals surface area (Å²) in [6.45, 7) is 1.24. The van der Waals surface area contributed by atoms with Gasteiger partial charge in [-0.2, -0.15) is 26.3 Å². The first-order valence-electron chi connectivity index (χ1n) is 10.8. The summed E-state index contributed by atoms with van der Waals surface area (Å²) in [4.78, 5) is 18.6. The van der Waals surface area contributed by atoms with Crippen LogP contribution in [0.25, 0.3) is 10.4 Å². The molecule has 0 saturated carbocycles. The molecule has 1 aliphatic heterocycles. The van der Waals surface area contributed by atoms with Crippen LogP contribution in [0.4, 0.5) is 35.5 Å². The van der Waals surface area contributed by atoms with E-state index in [0.29, 0.717) is 29.7 Å². The number of aryl methyl sites for hydroxylation is 1. The van der Waals surface area contributed by atoms with Crippen LogP contribution in [0.2, 0.25) is 0 Å². The SMILES string of the molecule is Cc1cc(F)ccc1C1CC(N=[N+]=[N-])CCN1C(=O)N(C)Cc1cc(C(F)(F)F)cc(C(F)(F)F)c1. The fourth-order valence-corrected chi connectivity index (χ4v) is 4.33. The van der Waals surface area contributed by atoms with E-state index in [4.69, 9.17) is 5.53 Å². The van der Waals surface area contributed by atoms with E-state index in [9.17, 15) is 35.5 Å². The lowest BCUT2D eigenvalue weighted by atomic mass is 9.90. The molecule has 2 atom stereocenters. The second-order valence-electron chi connectivity index (χ2n) is 8.65. The number of benzene rings is 2. The highest BCUT2D eigenvalue weighted by Crippen LogP contribution is 2.38. The van der Waals surface area contributed by atoms with Crippen LogP contribution in [0.3, 0.4) is 0 Å². The first-order chi connectivity index (χ1) is 16.7.